The number of nitrogens with one attached hydrogen (secondary N) is 1. The lowest BCUT2D eigenvalue weighted by Gasteiger charge is -2.13. The predicted molar refractivity (Wildman–Crippen MR) is 68.9 cm³/mol. The minimum atomic E-state index is 0.00934. The normalized spacial score (nSPS) is 13.4. The molecule has 6 heteroatoms. The Labute approximate surface area is 106 Å². The Bertz CT molecular complexity index is 421. The molecule has 0 aromatic heterocycles. The molecule has 18 heavy (non-hydrogen) atoms. The van der Waals surface area contributed by atoms with Crippen molar-refractivity contribution >= 4 is 5.84 Å². The highest BCUT2D eigenvalue weighted by Gasteiger charge is 2.09. The SMILES string of the molecule is COc1cc(CNC(C)CO)ccc1/C(N)=N/O. The van der Waals surface area contributed by atoms with Crippen LogP contribution in [0.15, 0.2) is 23.4 Å². The van der Waals surface area contributed by atoms with E-state index in [-0.39, 0.29) is 18.5 Å². The van der Waals surface area contributed by atoms with Gasteiger partial charge >= 0.3 is 0 Å². The van der Waals surface area contributed by atoms with Crippen molar-refractivity contribution in [3.05, 3.63) is 29.3 Å². The Morgan fingerprint density at radius 3 is 2.83 bits per heavy atom. The fourth-order valence-electron chi connectivity index (χ4n) is 1.47. The van der Waals surface area contributed by atoms with Crippen LogP contribution >= 0.6 is 0 Å². The van der Waals surface area contributed by atoms with Crippen molar-refractivity contribution < 1.29 is 15.1 Å². The van der Waals surface area contributed by atoms with Gasteiger partial charge in [0.2, 0.25) is 0 Å². The third-order valence-electron chi connectivity index (χ3n) is 2.58. The molecular weight excluding hydrogens is 234 g/mol. The monoisotopic (exact) mass is 253 g/mol. The van der Waals surface area contributed by atoms with Crippen LogP contribution < -0.4 is 15.8 Å². The van der Waals surface area contributed by atoms with Crippen molar-refractivity contribution in [1.29, 1.82) is 0 Å². The van der Waals surface area contributed by atoms with Crippen LogP contribution in [0.5, 0.6) is 5.75 Å². The second-order valence-electron chi connectivity index (χ2n) is 3.98. The number of hydrogen-bond acceptors (Lipinski definition) is 5. The fraction of sp³-hybridized carbons (Fsp3) is 0.417. The lowest BCUT2D eigenvalue weighted by Crippen LogP contribution is -2.28. The molecule has 0 amide bonds. The summed E-state index contributed by atoms with van der Waals surface area (Å²) in [5.74, 6) is 0.552. The van der Waals surface area contributed by atoms with E-state index in [0.717, 1.165) is 5.56 Å². The first-order valence-electron chi connectivity index (χ1n) is 5.61. The summed E-state index contributed by atoms with van der Waals surface area (Å²) in [6.45, 7) is 2.58. The fourth-order valence-corrected chi connectivity index (χ4v) is 1.47. The number of nitrogens with zero attached hydrogens (tertiary/aromatic N) is 1. The number of amidine groups is 1. The Kier molecular flexibility index (Phi) is 5.41. The van der Waals surface area contributed by atoms with Crippen LogP contribution in [0.4, 0.5) is 0 Å². The molecule has 0 aliphatic carbocycles. The molecule has 0 spiro atoms. The topological polar surface area (TPSA) is 100 Å². The second kappa shape index (κ2) is 6.83. The number of oxime groups is 1. The number of ether oxygens (including phenoxy) is 1. The smallest absolute Gasteiger partial charge is 0.173 e. The Hall–Kier alpha value is -1.79. The summed E-state index contributed by atoms with van der Waals surface area (Å²) in [6, 6.07) is 5.42. The van der Waals surface area contributed by atoms with Crippen molar-refractivity contribution in [2.45, 2.75) is 19.5 Å². The first-order chi connectivity index (χ1) is 8.62. The minimum Gasteiger partial charge on any atom is -0.496 e. The number of aliphatic hydroxyl groups excluding tert-OH is 1. The van der Waals surface area contributed by atoms with Gasteiger partial charge in [-0.1, -0.05) is 11.2 Å². The molecule has 0 fully saturated rings. The van der Waals surface area contributed by atoms with Crippen molar-refractivity contribution in [2.24, 2.45) is 10.9 Å². The molecule has 0 saturated carbocycles. The van der Waals surface area contributed by atoms with Crippen molar-refractivity contribution in [1.82, 2.24) is 5.32 Å². The van der Waals surface area contributed by atoms with E-state index >= 15 is 0 Å². The van der Waals surface area contributed by atoms with Gasteiger partial charge in [0.1, 0.15) is 5.75 Å². The van der Waals surface area contributed by atoms with Gasteiger partial charge in [0.15, 0.2) is 5.84 Å². The number of nitrogens with two attached hydrogens (primary N) is 1. The van der Waals surface area contributed by atoms with E-state index in [2.05, 4.69) is 10.5 Å². The molecule has 0 radical (unpaired) electrons. The van der Waals surface area contributed by atoms with Crippen LogP contribution in [0, 0.1) is 0 Å². The Balaban J connectivity index is 2.85. The predicted octanol–water partition coefficient (Wildman–Crippen LogP) is 0.260. The van der Waals surface area contributed by atoms with Crippen LogP contribution in [0.2, 0.25) is 0 Å². The van der Waals surface area contributed by atoms with E-state index in [4.69, 9.17) is 20.8 Å². The number of methoxy groups -OCH3 is 1. The van der Waals surface area contributed by atoms with Crippen LogP contribution in [0.25, 0.3) is 0 Å². The number of hydrogen-bond donors (Lipinski definition) is 4. The molecule has 1 aromatic rings. The largest absolute Gasteiger partial charge is 0.496 e. The number of aliphatic hydroxyl groups is 1. The van der Waals surface area contributed by atoms with Gasteiger partial charge in [-0.2, -0.15) is 0 Å². The molecule has 5 N–H and O–H groups in total. The molecule has 1 atom stereocenters. The molecule has 100 valence electrons. The zero-order valence-electron chi connectivity index (χ0n) is 10.6. The van der Waals surface area contributed by atoms with Crippen LogP contribution in [0.3, 0.4) is 0 Å². The minimum absolute atomic E-state index is 0.00934. The highest BCUT2D eigenvalue weighted by molar-refractivity contribution is 5.99. The molecule has 1 rings (SSSR count). The Morgan fingerprint density at radius 2 is 2.28 bits per heavy atom. The molecule has 0 aliphatic rings. The third kappa shape index (κ3) is 3.61. The van der Waals surface area contributed by atoms with Gasteiger partial charge < -0.3 is 26.1 Å². The van der Waals surface area contributed by atoms with E-state index in [9.17, 15) is 0 Å². The molecule has 1 unspecified atom stereocenters. The van der Waals surface area contributed by atoms with E-state index in [1.54, 1.807) is 6.07 Å². The van der Waals surface area contributed by atoms with Gasteiger partial charge in [-0.25, -0.2) is 0 Å². The van der Waals surface area contributed by atoms with Gasteiger partial charge in [-0.15, -0.1) is 0 Å². The quantitative estimate of drug-likeness (QED) is 0.252. The first-order valence-corrected chi connectivity index (χ1v) is 5.61. The van der Waals surface area contributed by atoms with E-state index < -0.39 is 0 Å². The lowest BCUT2D eigenvalue weighted by atomic mass is 10.1. The zero-order chi connectivity index (χ0) is 13.5. The van der Waals surface area contributed by atoms with Gasteiger partial charge in [0.05, 0.1) is 19.3 Å². The standard InChI is InChI=1S/C12H19N3O3/c1-8(7-16)14-6-9-3-4-10(12(13)15-17)11(5-9)18-2/h3-5,8,14,16-17H,6-7H2,1-2H3,(H2,13,15). The van der Waals surface area contributed by atoms with Gasteiger partial charge in [0, 0.05) is 12.6 Å². The summed E-state index contributed by atoms with van der Waals surface area (Å²) < 4.78 is 5.19. The van der Waals surface area contributed by atoms with Crippen LogP contribution in [-0.2, 0) is 6.54 Å². The number of rotatable bonds is 6. The summed E-state index contributed by atoms with van der Waals surface area (Å²) in [5.41, 5.74) is 7.06. The van der Waals surface area contributed by atoms with Gasteiger partial charge in [-0.3, -0.25) is 0 Å². The summed E-state index contributed by atoms with van der Waals surface area (Å²) in [6.07, 6.45) is 0. The maximum absolute atomic E-state index is 8.92. The third-order valence-corrected chi connectivity index (χ3v) is 2.58. The van der Waals surface area contributed by atoms with Crippen LogP contribution in [0.1, 0.15) is 18.1 Å². The molecule has 0 bridgehead atoms. The van der Waals surface area contributed by atoms with Crippen molar-refractivity contribution in [3.8, 4) is 5.75 Å². The average molecular weight is 253 g/mol. The maximum Gasteiger partial charge on any atom is 0.173 e. The summed E-state index contributed by atoms with van der Waals surface area (Å²) in [7, 11) is 1.52. The van der Waals surface area contributed by atoms with E-state index in [0.29, 0.717) is 17.9 Å². The zero-order valence-corrected chi connectivity index (χ0v) is 10.6. The number of benzene rings is 1. The molecular formula is C12H19N3O3. The highest BCUT2D eigenvalue weighted by Crippen LogP contribution is 2.20. The first kappa shape index (κ1) is 14.3. The lowest BCUT2D eigenvalue weighted by molar-refractivity contribution is 0.251. The summed E-state index contributed by atoms with van der Waals surface area (Å²) >= 11 is 0. The van der Waals surface area contributed by atoms with Crippen LogP contribution in [-0.4, -0.2) is 35.9 Å². The highest BCUT2D eigenvalue weighted by atomic mass is 16.5. The Morgan fingerprint density at radius 1 is 1.56 bits per heavy atom. The van der Waals surface area contributed by atoms with E-state index in [1.165, 1.54) is 7.11 Å². The van der Waals surface area contributed by atoms with Gasteiger partial charge in [-0.05, 0) is 24.6 Å². The molecule has 6 nitrogen and oxygen atoms in total. The molecule has 0 aliphatic heterocycles. The second-order valence-corrected chi connectivity index (χ2v) is 3.98. The summed E-state index contributed by atoms with van der Waals surface area (Å²) in [4.78, 5) is 0. The molecule has 0 saturated heterocycles. The van der Waals surface area contributed by atoms with E-state index in [1.807, 2.05) is 19.1 Å². The van der Waals surface area contributed by atoms with Gasteiger partial charge in [0.25, 0.3) is 0 Å². The summed E-state index contributed by atoms with van der Waals surface area (Å²) in [5, 5.41) is 23.7. The van der Waals surface area contributed by atoms with Crippen molar-refractivity contribution in [2.75, 3.05) is 13.7 Å². The average Bonchev–Trinajstić information content (AvgIpc) is 2.43. The molecule has 0 heterocycles. The van der Waals surface area contributed by atoms with Crippen molar-refractivity contribution in [3.63, 3.8) is 0 Å². The molecule has 1 aromatic carbocycles. The maximum atomic E-state index is 8.92.